The van der Waals surface area contributed by atoms with Crippen molar-refractivity contribution >= 4 is 49.8 Å². The van der Waals surface area contributed by atoms with E-state index < -0.39 is 4.92 Å². The third-order valence-corrected chi connectivity index (χ3v) is 6.82. The van der Waals surface area contributed by atoms with Crippen molar-refractivity contribution in [2.24, 2.45) is 0 Å². The second-order valence-corrected chi connectivity index (χ2v) is 8.90. The number of aromatic nitrogens is 5. The third-order valence-electron chi connectivity index (χ3n) is 6.82. The topological polar surface area (TPSA) is 91.7 Å². The Bertz CT molecular complexity index is 2020. The lowest BCUT2D eigenvalue weighted by Gasteiger charge is -2.10. The van der Waals surface area contributed by atoms with Crippen LogP contribution in [0.15, 0.2) is 91.0 Å². The van der Waals surface area contributed by atoms with Crippen LogP contribution >= 0.6 is 0 Å². The molecule has 0 aliphatic heterocycles. The summed E-state index contributed by atoms with van der Waals surface area (Å²) < 4.78 is 4.25. The molecule has 0 saturated carbocycles. The minimum absolute atomic E-state index is 0.00338. The quantitative estimate of drug-likeness (QED) is 0.205. The largest absolute Gasteiger partial charge is 0.341 e. The van der Waals surface area contributed by atoms with E-state index in [0.29, 0.717) is 22.7 Å². The first-order valence-corrected chi connectivity index (χ1v) is 12.0. The van der Waals surface area contributed by atoms with Crippen LogP contribution in [0.1, 0.15) is 6.92 Å². The number of nitro benzene ring substituents is 1. The lowest BCUT2D eigenvalue weighted by molar-refractivity contribution is -0.384. The van der Waals surface area contributed by atoms with E-state index in [9.17, 15) is 10.1 Å². The number of hydrogen-bond donors (Lipinski definition) is 0. The number of para-hydroxylation sites is 3. The van der Waals surface area contributed by atoms with Crippen LogP contribution in [-0.2, 0) is 6.54 Å². The van der Waals surface area contributed by atoms with E-state index in [1.54, 1.807) is 12.1 Å². The molecule has 0 saturated heterocycles. The van der Waals surface area contributed by atoms with Crippen LogP contribution < -0.4 is 0 Å². The Labute approximate surface area is 210 Å². The van der Waals surface area contributed by atoms with Gasteiger partial charge in [0.15, 0.2) is 11.3 Å². The predicted molar refractivity (Wildman–Crippen MR) is 145 cm³/mol. The Hall–Kier alpha value is -5.11. The van der Waals surface area contributed by atoms with Gasteiger partial charge in [-0.3, -0.25) is 14.7 Å². The highest BCUT2D eigenvalue weighted by atomic mass is 16.6. The minimum Gasteiger partial charge on any atom is -0.341 e. The molecule has 7 aromatic rings. The van der Waals surface area contributed by atoms with E-state index in [1.165, 1.54) is 17.0 Å². The van der Waals surface area contributed by atoms with Gasteiger partial charge in [-0.25, -0.2) is 15.0 Å². The molecule has 0 atom stereocenters. The molecule has 0 aliphatic carbocycles. The van der Waals surface area contributed by atoms with Crippen molar-refractivity contribution < 1.29 is 4.92 Å². The van der Waals surface area contributed by atoms with Crippen molar-refractivity contribution in [3.63, 3.8) is 0 Å². The number of nitrogens with zero attached hydrogens (tertiary/aromatic N) is 6. The molecule has 178 valence electrons. The van der Waals surface area contributed by atoms with Gasteiger partial charge < -0.3 is 4.57 Å². The molecule has 3 aromatic heterocycles. The lowest BCUT2D eigenvalue weighted by Crippen LogP contribution is -2.00. The van der Waals surface area contributed by atoms with Crippen molar-refractivity contribution in [3.8, 4) is 17.1 Å². The highest BCUT2D eigenvalue weighted by Crippen LogP contribution is 2.34. The summed E-state index contributed by atoms with van der Waals surface area (Å²) in [6.07, 6.45) is 0. The zero-order valence-electron chi connectivity index (χ0n) is 19.9. The van der Waals surface area contributed by atoms with Crippen LogP contribution in [0.25, 0.3) is 61.2 Å². The second-order valence-electron chi connectivity index (χ2n) is 8.90. The molecule has 0 amide bonds. The zero-order chi connectivity index (χ0) is 25.1. The lowest BCUT2D eigenvalue weighted by atomic mass is 10.1. The summed E-state index contributed by atoms with van der Waals surface area (Å²) in [5.41, 5.74) is 6.38. The Morgan fingerprint density at radius 3 is 2.35 bits per heavy atom. The predicted octanol–water partition coefficient (Wildman–Crippen LogP) is 6.67. The highest BCUT2D eigenvalue weighted by Gasteiger charge is 2.20. The normalized spacial score (nSPS) is 11.7. The van der Waals surface area contributed by atoms with Crippen LogP contribution in [0.5, 0.6) is 0 Å². The molecule has 37 heavy (non-hydrogen) atoms. The van der Waals surface area contributed by atoms with E-state index >= 15 is 0 Å². The minimum atomic E-state index is -0.396. The van der Waals surface area contributed by atoms with Crippen LogP contribution in [0.2, 0.25) is 0 Å². The summed E-state index contributed by atoms with van der Waals surface area (Å²) in [5, 5.41) is 13.8. The molecule has 8 nitrogen and oxygen atoms in total. The van der Waals surface area contributed by atoms with E-state index in [4.69, 9.17) is 15.0 Å². The third kappa shape index (κ3) is 3.19. The molecule has 0 radical (unpaired) electrons. The smallest absolute Gasteiger partial charge is 0.270 e. The number of imidazole rings is 1. The Kier molecular flexibility index (Phi) is 4.56. The van der Waals surface area contributed by atoms with Crippen molar-refractivity contribution in [1.29, 1.82) is 0 Å². The number of nitro groups is 1. The van der Waals surface area contributed by atoms with Gasteiger partial charge in [0.1, 0.15) is 5.82 Å². The van der Waals surface area contributed by atoms with E-state index in [1.807, 2.05) is 47.0 Å². The first kappa shape index (κ1) is 21.2. The average molecular weight is 485 g/mol. The summed E-state index contributed by atoms with van der Waals surface area (Å²) in [5.74, 6) is 0.549. The number of non-ortho nitro benzene ring substituents is 1. The number of aryl methyl sites for hydroxylation is 1. The van der Waals surface area contributed by atoms with Gasteiger partial charge in [-0.1, -0.05) is 42.5 Å². The summed E-state index contributed by atoms with van der Waals surface area (Å²) >= 11 is 0. The fourth-order valence-electron chi connectivity index (χ4n) is 5.18. The molecular weight excluding hydrogens is 464 g/mol. The van der Waals surface area contributed by atoms with Crippen molar-refractivity contribution in [2.75, 3.05) is 0 Å². The molecule has 8 heteroatoms. The van der Waals surface area contributed by atoms with E-state index in [0.717, 1.165) is 34.2 Å². The zero-order valence-corrected chi connectivity index (χ0v) is 19.9. The van der Waals surface area contributed by atoms with Gasteiger partial charge in [0.2, 0.25) is 0 Å². The Balaban J connectivity index is 1.57. The fraction of sp³-hybridized carbons (Fsp3) is 0.0690. The molecule has 3 heterocycles. The molecule has 0 fully saturated rings. The van der Waals surface area contributed by atoms with E-state index in [2.05, 4.69) is 41.8 Å². The van der Waals surface area contributed by atoms with Gasteiger partial charge in [0, 0.05) is 46.0 Å². The van der Waals surface area contributed by atoms with Crippen molar-refractivity contribution in [2.45, 2.75) is 13.5 Å². The van der Waals surface area contributed by atoms with Crippen molar-refractivity contribution in [3.05, 3.63) is 101 Å². The maximum Gasteiger partial charge on any atom is 0.270 e. The molecular formula is C29H20N6O2. The maximum atomic E-state index is 11.5. The summed E-state index contributed by atoms with van der Waals surface area (Å²) in [7, 11) is 0. The Morgan fingerprint density at radius 1 is 0.784 bits per heavy atom. The highest BCUT2D eigenvalue weighted by molar-refractivity contribution is 6.09. The monoisotopic (exact) mass is 484 g/mol. The van der Waals surface area contributed by atoms with Crippen LogP contribution in [0, 0.1) is 10.1 Å². The van der Waals surface area contributed by atoms with Crippen molar-refractivity contribution in [1.82, 2.24) is 24.1 Å². The van der Waals surface area contributed by atoms with Crippen LogP contribution in [0.4, 0.5) is 5.69 Å². The van der Waals surface area contributed by atoms with Gasteiger partial charge in [-0.2, -0.15) is 0 Å². The van der Waals surface area contributed by atoms with Gasteiger partial charge in [0.05, 0.1) is 21.6 Å². The van der Waals surface area contributed by atoms with Gasteiger partial charge >= 0.3 is 0 Å². The SMILES string of the molecule is CCn1c2ccccc2c2cc(-n3c(-c4cccc([N+](=O)[O-])c4)nc4nc5ccccc5nc43)ccc21. The Morgan fingerprint density at radius 2 is 1.54 bits per heavy atom. The molecule has 0 spiro atoms. The van der Waals surface area contributed by atoms with Gasteiger partial charge in [-0.15, -0.1) is 0 Å². The molecule has 0 unspecified atom stereocenters. The first-order valence-electron chi connectivity index (χ1n) is 12.0. The number of hydrogen-bond acceptors (Lipinski definition) is 5. The maximum absolute atomic E-state index is 11.5. The molecule has 0 bridgehead atoms. The molecule has 7 rings (SSSR count). The van der Waals surface area contributed by atoms with Gasteiger partial charge in [-0.05, 0) is 43.3 Å². The summed E-state index contributed by atoms with van der Waals surface area (Å²) in [4.78, 5) is 25.6. The molecule has 4 aromatic carbocycles. The van der Waals surface area contributed by atoms with Crippen LogP contribution in [0.3, 0.4) is 0 Å². The van der Waals surface area contributed by atoms with Gasteiger partial charge in [0.25, 0.3) is 5.69 Å². The average Bonchev–Trinajstić information content (AvgIpc) is 3.46. The second kappa shape index (κ2) is 7.96. The fourth-order valence-corrected chi connectivity index (χ4v) is 5.18. The van der Waals surface area contributed by atoms with E-state index in [-0.39, 0.29) is 5.69 Å². The molecule has 0 aliphatic rings. The number of benzene rings is 4. The number of rotatable bonds is 4. The molecule has 0 N–H and O–H groups in total. The summed E-state index contributed by atoms with van der Waals surface area (Å²) in [6, 6.07) is 28.9. The first-order chi connectivity index (χ1) is 18.1. The standard InChI is InChI=1S/C29H20N6O2/c1-2-33-25-13-6-3-10-21(25)22-17-19(14-15-26(22)33)34-28(18-8-7-9-20(16-18)35(36)37)32-27-29(34)31-24-12-5-4-11-23(24)30-27/h3-17H,2H2,1H3. The van der Waals surface area contributed by atoms with Crippen LogP contribution in [-0.4, -0.2) is 29.0 Å². The summed E-state index contributed by atoms with van der Waals surface area (Å²) in [6.45, 7) is 3.00. The number of fused-ring (bicyclic) bond motifs is 5.